The van der Waals surface area contributed by atoms with Crippen molar-refractivity contribution >= 4 is 11.0 Å². The monoisotopic (exact) mass is 333 g/mol. The van der Waals surface area contributed by atoms with E-state index in [2.05, 4.69) is 62.1 Å². The highest BCUT2D eigenvalue weighted by atomic mass is 16.5. The van der Waals surface area contributed by atoms with Gasteiger partial charge in [-0.15, -0.1) is 11.5 Å². The van der Waals surface area contributed by atoms with E-state index in [0.717, 1.165) is 16.7 Å². The summed E-state index contributed by atoms with van der Waals surface area (Å²) in [6, 6.07) is 12.3. The highest BCUT2D eigenvalue weighted by molar-refractivity contribution is 5.83. The summed E-state index contributed by atoms with van der Waals surface area (Å²) < 4.78 is 7.55. The zero-order valence-corrected chi connectivity index (χ0v) is 15.2. The van der Waals surface area contributed by atoms with Crippen molar-refractivity contribution in [2.45, 2.75) is 39.5 Å². The Kier molecular flexibility index (Phi) is 4.76. The molecule has 1 heterocycles. The quantitative estimate of drug-likeness (QED) is 0.637. The van der Waals surface area contributed by atoms with Gasteiger partial charge in [-0.2, -0.15) is 0 Å². The second-order valence-corrected chi connectivity index (χ2v) is 6.71. The zero-order valence-electron chi connectivity index (χ0n) is 15.2. The fraction of sp³-hybridized carbons (Fsp3) is 0.333. The molecule has 0 aliphatic carbocycles. The van der Waals surface area contributed by atoms with Crippen LogP contribution >= 0.6 is 0 Å². The maximum absolute atomic E-state index is 5.62. The lowest BCUT2D eigenvalue weighted by atomic mass is 9.92. The summed E-state index contributed by atoms with van der Waals surface area (Å²) in [6.07, 6.45) is 5.31. The van der Waals surface area contributed by atoms with Crippen LogP contribution in [0.2, 0.25) is 0 Å². The van der Waals surface area contributed by atoms with Gasteiger partial charge in [0.25, 0.3) is 0 Å². The molecule has 0 fully saturated rings. The van der Waals surface area contributed by atoms with Crippen LogP contribution in [0.5, 0.6) is 5.75 Å². The van der Waals surface area contributed by atoms with Gasteiger partial charge in [0, 0.05) is 0 Å². The first kappa shape index (κ1) is 17.0. The number of hydrogen-bond donors (Lipinski definition) is 0. The van der Waals surface area contributed by atoms with E-state index >= 15 is 0 Å². The molecule has 0 spiro atoms. The Hall–Kier alpha value is -2.80. The first-order valence-electron chi connectivity index (χ1n) is 8.58. The van der Waals surface area contributed by atoms with Crippen molar-refractivity contribution < 1.29 is 4.74 Å². The van der Waals surface area contributed by atoms with Gasteiger partial charge in [0.1, 0.15) is 6.61 Å². The third-order valence-corrected chi connectivity index (χ3v) is 4.31. The van der Waals surface area contributed by atoms with Crippen molar-refractivity contribution in [1.29, 1.82) is 0 Å². The topological polar surface area (TPSA) is 39.9 Å². The highest BCUT2D eigenvalue weighted by Gasteiger charge is 2.19. The number of nitrogens with zero attached hydrogens (tertiary/aromatic N) is 3. The average Bonchev–Trinajstić information content (AvgIpc) is 3.03. The van der Waals surface area contributed by atoms with Crippen LogP contribution in [0.1, 0.15) is 50.7 Å². The Balaban J connectivity index is 2.26. The van der Waals surface area contributed by atoms with E-state index in [1.165, 1.54) is 11.1 Å². The molecule has 0 amide bonds. The predicted octanol–water partition coefficient (Wildman–Crippen LogP) is 4.68. The summed E-state index contributed by atoms with van der Waals surface area (Å²) in [4.78, 5) is 0. The third kappa shape index (κ3) is 3.10. The summed E-state index contributed by atoms with van der Waals surface area (Å²) in [6.45, 7) is 9.01. The Labute approximate surface area is 148 Å². The number of para-hydroxylation sites is 1. The van der Waals surface area contributed by atoms with Gasteiger partial charge in [0.05, 0.1) is 11.2 Å². The lowest BCUT2D eigenvalue weighted by Gasteiger charge is -2.19. The Morgan fingerprint density at radius 1 is 1.04 bits per heavy atom. The molecule has 0 N–H and O–H groups in total. The maximum atomic E-state index is 5.62. The first-order chi connectivity index (χ1) is 12.0. The van der Waals surface area contributed by atoms with Crippen molar-refractivity contribution in [3.8, 4) is 23.8 Å². The number of aromatic nitrogens is 3. The minimum Gasteiger partial charge on any atom is -0.479 e. The molecule has 2 aromatic carbocycles. The van der Waals surface area contributed by atoms with Crippen LogP contribution in [0.4, 0.5) is 0 Å². The molecule has 0 aliphatic rings. The smallest absolute Gasteiger partial charge is 0.155 e. The summed E-state index contributed by atoms with van der Waals surface area (Å²) in [5, 5.41) is 8.82. The van der Waals surface area contributed by atoms with E-state index in [0.29, 0.717) is 17.6 Å². The van der Waals surface area contributed by atoms with Crippen LogP contribution in [-0.2, 0) is 0 Å². The Morgan fingerprint density at radius 2 is 1.68 bits per heavy atom. The average molecular weight is 333 g/mol. The van der Waals surface area contributed by atoms with Crippen LogP contribution in [-0.4, -0.2) is 21.6 Å². The van der Waals surface area contributed by atoms with Crippen molar-refractivity contribution in [3.05, 3.63) is 47.5 Å². The lowest BCUT2D eigenvalue weighted by Crippen LogP contribution is -2.08. The number of terminal acetylenes is 1. The minimum absolute atomic E-state index is 0.214. The predicted molar refractivity (Wildman–Crippen MR) is 101 cm³/mol. The number of benzene rings is 2. The normalized spacial score (nSPS) is 11.2. The number of rotatable bonds is 5. The molecule has 0 aliphatic heterocycles. The van der Waals surface area contributed by atoms with Gasteiger partial charge >= 0.3 is 0 Å². The Morgan fingerprint density at radius 3 is 2.28 bits per heavy atom. The van der Waals surface area contributed by atoms with Crippen LogP contribution < -0.4 is 4.74 Å². The van der Waals surface area contributed by atoms with Gasteiger partial charge in [-0.25, -0.2) is 4.68 Å². The summed E-state index contributed by atoms with van der Waals surface area (Å²) >= 11 is 0. The van der Waals surface area contributed by atoms with E-state index < -0.39 is 0 Å². The molecule has 25 heavy (non-hydrogen) atoms. The molecule has 0 bridgehead atoms. The molecule has 128 valence electrons. The number of hydrogen-bond acceptors (Lipinski definition) is 3. The van der Waals surface area contributed by atoms with Crippen LogP contribution in [0.3, 0.4) is 0 Å². The van der Waals surface area contributed by atoms with E-state index in [1.807, 2.05) is 22.9 Å². The molecule has 0 saturated carbocycles. The van der Waals surface area contributed by atoms with Crippen molar-refractivity contribution in [3.63, 3.8) is 0 Å². The van der Waals surface area contributed by atoms with Gasteiger partial charge < -0.3 is 4.74 Å². The van der Waals surface area contributed by atoms with Crippen LogP contribution in [0, 0.1) is 12.3 Å². The number of ether oxygens (including phenoxy) is 1. The third-order valence-electron chi connectivity index (χ3n) is 4.31. The van der Waals surface area contributed by atoms with Gasteiger partial charge in [0.2, 0.25) is 0 Å². The fourth-order valence-electron chi connectivity index (χ4n) is 3.08. The van der Waals surface area contributed by atoms with Gasteiger partial charge in [-0.3, -0.25) is 0 Å². The first-order valence-corrected chi connectivity index (χ1v) is 8.58. The van der Waals surface area contributed by atoms with Crippen molar-refractivity contribution in [1.82, 2.24) is 15.0 Å². The zero-order chi connectivity index (χ0) is 18.0. The largest absolute Gasteiger partial charge is 0.479 e. The molecule has 0 saturated heterocycles. The second kappa shape index (κ2) is 6.98. The molecular weight excluding hydrogens is 310 g/mol. The second-order valence-electron chi connectivity index (χ2n) is 6.71. The molecule has 0 unspecified atom stereocenters. The molecule has 1 aromatic heterocycles. The molecule has 0 radical (unpaired) electrons. The van der Waals surface area contributed by atoms with Crippen molar-refractivity contribution in [2.24, 2.45) is 0 Å². The maximum Gasteiger partial charge on any atom is 0.155 e. The SMILES string of the molecule is C#CCOc1cccc2c1nnn2-c1c(C(C)C)cccc1C(C)C. The highest BCUT2D eigenvalue weighted by Crippen LogP contribution is 2.33. The van der Waals surface area contributed by atoms with Gasteiger partial charge in [-0.1, -0.05) is 63.1 Å². The standard InChI is InChI=1S/C21H23N3O/c1-6-13-25-19-12-8-11-18-20(19)22-23-24(18)21-16(14(2)3)9-7-10-17(21)15(4)5/h1,7-12,14-15H,13H2,2-5H3. The molecule has 0 atom stereocenters. The van der Waals surface area contributed by atoms with E-state index in [4.69, 9.17) is 11.2 Å². The fourth-order valence-corrected chi connectivity index (χ4v) is 3.08. The minimum atomic E-state index is 0.214. The molecule has 4 heteroatoms. The van der Waals surface area contributed by atoms with Gasteiger partial charge in [0.15, 0.2) is 11.3 Å². The Bertz CT molecular complexity index is 906. The molecular formula is C21H23N3O. The molecule has 4 nitrogen and oxygen atoms in total. The summed E-state index contributed by atoms with van der Waals surface area (Å²) in [5.41, 5.74) is 5.28. The lowest BCUT2D eigenvalue weighted by molar-refractivity contribution is 0.374. The van der Waals surface area contributed by atoms with E-state index in [9.17, 15) is 0 Å². The summed E-state index contributed by atoms with van der Waals surface area (Å²) in [7, 11) is 0. The van der Waals surface area contributed by atoms with E-state index in [-0.39, 0.29) is 6.61 Å². The van der Waals surface area contributed by atoms with Crippen LogP contribution in [0.25, 0.3) is 16.7 Å². The summed E-state index contributed by atoms with van der Waals surface area (Å²) in [5.74, 6) is 3.92. The van der Waals surface area contributed by atoms with E-state index in [1.54, 1.807) is 0 Å². The molecule has 3 aromatic rings. The molecule has 3 rings (SSSR count). The van der Waals surface area contributed by atoms with Crippen molar-refractivity contribution in [2.75, 3.05) is 6.61 Å². The van der Waals surface area contributed by atoms with Crippen LogP contribution in [0.15, 0.2) is 36.4 Å². The number of fused-ring (bicyclic) bond motifs is 1. The van der Waals surface area contributed by atoms with Gasteiger partial charge in [-0.05, 0) is 35.1 Å².